The standard InChI is InChI=1S/C22H24O2/c1-2-6-17-9-11-18(12-10-17)19-13-15-20(16-14-19)22(23)24-21-7-4-3-5-8-21/h2-5,7-8,13-18H,1,6,9-12H2. The van der Waals surface area contributed by atoms with E-state index in [-0.39, 0.29) is 5.97 Å². The van der Waals surface area contributed by atoms with Gasteiger partial charge in [-0.2, -0.15) is 0 Å². The fourth-order valence-electron chi connectivity index (χ4n) is 3.51. The lowest BCUT2D eigenvalue weighted by Crippen LogP contribution is -2.13. The third-order valence-electron chi connectivity index (χ3n) is 4.92. The van der Waals surface area contributed by atoms with E-state index in [4.69, 9.17) is 4.74 Å². The third-order valence-corrected chi connectivity index (χ3v) is 4.92. The minimum atomic E-state index is -0.303. The molecule has 0 atom stereocenters. The van der Waals surface area contributed by atoms with Gasteiger partial charge in [0, 0.05) is 0 Å². The number of hydrogen-bond donors (Lipinski definition) is 0. The van der Waals surface area contributed by atoms with E-state index in [1.165, 1.54) is 31.2 Å². The van der Waals surface area contributed by atoms with Crippen LogP contribution in [0.3, 0.4) is 0 Å². The smallest absolute Gasteiger partial charge is 0.343 e. The largest absolute Gasteiger partial charge is 0.423 e. The van der Waals surface area contributed by atoms with Crippen molar-refractivity contribution in [3.63, 3.8) is 0 Å². The molecule has 0 heterocycles. The second-order valence-corrected chi connectivity index (χ2v) is 6.57. The van der Waals surface area contributed by atoms with E-state index in [0.717, 1.165) is 12.3 Å². The van der Waals surface area contributed by atoms with E-state index in [1.807, 2.05) is 36.4 Å². The number of carbonyl (C=O) groups excluding carboxylic acids is 1. The Kier molecular flexibility index (Phi) is 5.47. The first-order valence-corrected chi connectivity index (χ1v) is 8.74. The zero-order valence-corrected chi connectivity index (χ0v) is 14.0. The SMILES string of the molecule is C=CCC1CCC(c2ccc(C(=O)Oc3ccccc3)cc2)CC1. The van der Waals surface area contributed by atoms with Crippen molar-refractivity contribution in [2.24, 2.45) is 5.92 Å². The number of rotatable bonds is 5. The fraction of sp³-hybridized carbons (Fsp3) is 0.318. The molecule has 0 bridgehead atoms. The summed E-state index contributed by atoms with van der Waals surface area (Å²) < 4.78 is 5.38. The molecule has 0 saturated heterocycles. The van der Waals surface area contributed by atoms with Crippen LogP contribution in [0, 0.1) is 5.92 Å². The Bertz CT molecular complexity index is 665. The number of para-hydroxylation sites is 1. The van der Waals surface area contributed by atoms with Crippen LogP contribution >= 0.6 is 0 Å². The Morgan fingerprint density at radius 1 is 1.00 bits per heavy atom. The summed E-state index contributed by atoms with van der Waals surface area (Å²) in [6.07, 6.45) is 8.18. The van der Waals surface area contributed by atoms with Crippen molar-refractivity contribution in [2.75, 3.05) is 0 Å². The van der Waals surface area contributed by atoms with E-state index < -0.39 is 0 Å². The highest BCUT2D eigenvalue weighted by molar-refractivity contribution is 5.91. The molecular weight excluding hydrogens is 296 g/mol. The van der Waals surface area contributed by atoms with Crippen molar-refractivity contribution < 1.29 is 9.53 Å². The lowest BCUT2D eigenvalue weighted by Gasteiger charge is -2.28. The number of hydrogen-bond acceptors (Lipinski definition) is 2. The monoisotopic (exact) mass is 320 g/mol. The molecule has 0 unspecified atom stereocenters. The molecule has 0 N–H and O–H groups in total. The average Bonchev–Trinajstić information content (AvgIpc) is 2.64. The third kappa shape index (κ3) is 4.14. The summed E-state index contributed by atoms with van der Waals surface area (Å²) in [5.41, 5.74) is 1.94. The second kappa shape index (κ2) is 7.96. The molecule has 1 saturated carbocycles. The summed E-state index contributed by atoms with van der Waals surface area (Å²) in [5.74, 6) is 1.69. The minimum absolute atomic E-state index is 0.303. The summed E-state index contributed by atoms with van der Waals surface area (Å²) in [6, 6.07) is 17.1. The number of esters is 1. The predicted octanol–water partition coefficient (Wildman–Crippen LogP) is 5.76. The molecule has 0 aliphatic heterocycles. The Morgan fingerprint density at radius 2 is 1.67 bits per heavy atom. The van der Waals surface area contributed by atoms with E-state index >= 15 is 0 Å². The summed E-state index contributed by atoms with van der Waals surface area (Å²) in [4.78, 5) is 12.2. The number of allylic oxidation sites excluding steroid dienone is 1. The van der Waals surface area contributed by atoms with E-state index in [9.17, 15) is 4.79 Å². The van der Waals surface area contributed by atoms with Crippen LogP contribution in [0.25, 0.3) is 0 Å². The maximum absolute atomic E-state index is 12.2. The average molecular weight is 320 g/mol. The molecule has 124 valence electrons. The minimum Gasteiger partial charge on any atom is -0.423 e. The lowest BCUT2D eigenvalue weighted by molar-refractivity contribution is 0.0734. The van der Waals surface area contributed by atoms with E-state index in [2.05, 4.69) is 18.7 Å². The van der Waals surface area contributed by atoms with Crippen LogP contribution < -0.4 is 4.74 Å². The van der Waals surface area contributed by atoms with Crippen molar-refractivity contribution in [1.82, 2.24) is 0 Å². The maximum atomic E-state index is 12.2. The quantitative estimate of drug-likeness (QED) is 0.398. The van der Waals surface area contributed by atoms with Crippen molar-refractivity contribution in [1.29, 1.82) is 0 Å². The Labute approximate surface area is 144 Å². The molecule has 2 heteroatoms. The number of carbonyl (C=O) groups is 1. The zero-order valence-electron chi connectivity index (χ0n) is 14.0. The van der Waals surface area contributed by atoms with Crippen molar-refractivity contribution >= 4 is 5.97 Å². The molecular formula is C22H24O2. The van der Waals surface area contributed by atoms with Crippen LogP contribution in [-0.2, 0) is 0 Å². The van der Waals surface area contributed by atoms with Gasteiger partial charge in [0.2, 0.25) is 0 Å². The number of ether oxygens (including phenoxy) is 1. The van der Waals surface area contributed by atoms with Crippen LogP contribution in [0.15, 0.2) is 67.3 Å². The first-order valence-electron chi connectivity index (χ1n) is 8.74. The van der Waals surface area contributed by atoms with Gasteiger partial charge in [-0.25, -0.2) is 4.79 Å². The molecule has 24 heavy (non-hydrogen) atoms. The molecule has 0 amide bonds. The lowest BCUT2D eigenvalue weighted by atomic mass is 9.77. The van der Waals surface area contributed by atoms with Crippen LogP contribution in [0.5, 0.6) is 5.75 Å². The highest BCUT2D eigenvalue weighted by Gasteiger charge is 2.21. The molecule has 1 fully saturated rings. The first kappa shape index (κ1) is 16.5. The highest BCUT2D eigenvalue weighted by atomic mass is 16.5. The van der Waals surface area contributed by atoms with Gasteiger partial charge in [0.05, 0.1) is 5.56 Å². The Hall–Kier alpha value is -2.35. The van der Waals surface area contributed by atoms with Gasteiger partial charge in [-0.3, -0.25) is 0 Å². The summed E-state index contributed by atoms with van der Waals surface area (Å²) in [7, 11) is 0. The molecule has 0 radical (unpaired) electrons. The summed E-state index contributed by atoms with van der Waals surface area (Å²) in [6.45, 7) is 3.84. The molecule has 0 aromatic heterocycles. The molecule has 1 aliphatic rings. The van der Waals surface area contributed by atoms with Crippen LogP contribution in [0.4, 0.5) is 0 Å². The van der Waals surface area contributed by atoms with Crippen molar-refractivity contribution in [2.45, 2.75) is 38.0 Å². The molecule has 2 aromatic carbocycles. The fourth-order valence-corrected chi connectivity index (χ4v) is 3.51. The van der Waals surface area contributed by atoms with Gasteiger partial charge in [-0.15, -0.1) is 6.58 Å². The van der Waals surface area contributed by atoms with E-state index in [0.29, 0.717) is 17.2 Å². The van der Waals surface area contributed by atoms with Gasteiger partial charge >= 0.3 is 5.97 Å². The Balaban J connectivity index is 1.59. The maximum Gasteiger partial charge on any atom is 0.343 e. The molecule has 3 rings (SSSR count). The topological polar surface area (TPSA) is 26.3 Å². The van der Waals surface area contributed by atoms with Gasteiger partial charge in [0.15, 0.2) is 0 Å². The van der Waals surface area contributed by atoms with Gasteiger partial charge < -0.3 is 4.74 Å². The van der Waals surface area contributed by atoms with Gasteiger partial charge in [-0.1, -0.05) is 36.4 Å². The normalized spacial score (nSPS) is 20.3. The van der Waals surface area contributed by atoms with Gasteiger partial charge in [0.1, 0.15) is 5.75 Å². The predicted molar refractivity (Wildman–Crippen MR) is 97.4 cm³/mol. The van der Waals surface area contributed by atoms with Crippen LogP contribution in [0.2, 0.25) is 0 Å². The summed E-state index contributed by atoms with van der Waals surface area (Å²) >= 11 is 0. The number of benzene rings is 2. The van der Waals surface area contributed by atoms with Crippen molar-refractivity contribution in [3.05, 3.63) is 78.4 Å². The van der Waals surface area contributed by atoms with Crippen molar-refractivity contribution in [3.8, 4) is 5.75 Å². The highest BCUT2D eigenvalue weighted by Crippen LogP contribution is 2.37. The second-order valence-electron chi connectivity index (χ2n) is 6.57. The molecule has 1 aliphatic carbocycles. The van der Waals surface area contributed by atoms with Crippen LogP contribution in [-0.4, -0.2) is 5.97 Å². The molecule has 2 aromatic rings. The van der Waals surface area contributed by atoms with Crippen LogP contribution in [0.1, 0.15) is 53.9 Å². The Morgan fingerprint density at radius 3 is 2.29 bits per heavy atom. The molecule has 0 spiro atoms. The first-order chi connectivity index (χ1) is 11.8. The van der Waals surface area contributed by atoms with Gasteiger partial charge in [-0.05, 0) is 73.8 Å². The van der Waals surface area contributed by atoms with Gasteiger partial charge in [0.25, 0.3) is 0 Å². The zero-order chi connectivity index (χ0) is 16.8. The van der Waals surface area contributed by atoms with E-state index in [1.54, 1.807) is 12.1 Å². The summed E-state index contributed by atoms with van der Waals surface area (Å²) in [5, 5.41) is 0. The molecule has 2 nitrogen and oxygen atoms in total.